The second-order valence-electron chi connectivity index (χ2n) is 3.58. The van der Waals surface area contributed by atoms with Crippen LogP contribution in [0.5, 0.6) is 0 Å². The van der Waals surface area contributed by atoms with Crippen LogP contribution < -0.4 is 0 Å². The molecule has 3 heteroatoms. The molecule has 0 heterocycles. The molecule has 0 aliphatic carbocycles. The summed E-state index contributed by atoms with van der Waals surface area (Å²) in [6.45, 7) is 8.48. The number of carbonyl (C=O) groups is 1. The molecule has 0 aromatic heterocycles. The second kappa shape index (κ2) is 5.97. The zero-order chi connectivity index (χ0) is 10.4. The molecule has 0 aromatic carbocycles. The molecule has 2 unspecified atom stereocenters. The lowest BCUT2D eigenvalue weighted by atomic mass is 10.1. The van der Waals surface area contributed by atoms with Crippen LogP contribution in [0.4, 0.5) is 0 Å². The lowest BCUT2D eigenvalue weighted by molar-refractivity contribution is -0.139. The summed E-state index contributed by atoms with van der Waals surface area (Å²) in [4.78, 5) is 12.7. The Kier molecular flexibility index (Phi) is 5.71. The fourth-order valence-electron chi connectivity index (χ4n) is 1.37. The van der Waals surface area contributed by atoms with E-state index in [9.17, 15) is 4.79 Å². The fourth-order valence-corrected chi connectivity index (χ4v) is 1.37. The molecule has 0 bridgehead atoms. The van der Waals surface area contributed by atoms with E-state index in [4.69, 9.17) is 5.11 Å². The Morgan fingerprint density at radius 1 is 1.23 bits per heavy atom. The van der Waals surface area contributed by atoms with Crippen LogP contribution in [0.2, 0.25) is 0 Å². The first-order chi connectivity index (χ1) is 6.02. The molecule has 0 aromatic rings. The van der Waals surface area contributed by atoms with Crippen molar-refractivity contribution in [1.29, 1.82) is 0 Å². The first-order valence-electron chi connectivity index (χ1n) is 5.00. The van der Waals surface area contributed by atoms with Crippen molar-refractivity contribution in [3.8, 4) is 0 Å². The van der Waals surface area contributed by atoms with E-state index in [-0.39, 0.29) is 6.54 Å². The van der Waals surface area contributed by atoms with Crippen molar-refractivity contribution in [1.82, 2.24) is 4.90 Å². The summed E-state index contributed by atoms with van der Waals surface area (Å²) in [6.07, 6.45) is 2.00. The number of carboxylic acid groups (broad SMARTS) is 1. The maximum atomic E-state index is 10.6. The smallest absolute Gasteiger partial charge is 0.317 e. The molecule has 0 aliphatic heterocycles. The first kappa shape index (κ1) is 12.4. The third-order valence-corrected chi connectivity index (χ3v) is 2.63. The molecule has 0 aliphatic rings. The van der Waals surface area contributed by atoms with Gasteiger partial charge in [-0.2, -0.15) is 0 Å². The minimum atomic E-state index is -0.736. The Labute approximate surface area is 80.7 Å². The maximum Gasteiger partial charge on any atom is 0.317 e. The van der Waals surface area contributed by atoms with E-state index in [1.165, 1.54) is 0 Å². The van der Waals surface area contributed by atoms with E-state index >= 15 is 0 Å². The Hall–Kier alpha value is -0.570. The van der Waals surface area contributed by atoms with Gasteiger partial charge < -0.3 is 5.11 Å². The zero-order valence-corrected chi connectivity index (χ0v) is 9.08. The molecule has 78 valence electrons. The number of hydrogen-bond acceptors (Lipinski definition) is 2. The molecule has 0 rings (SSSR count). The minimum Gasteiger partial charge on any atom is -0.480 e. The molecule has 0 radical (unpaired) electrons. The van der Waals surface area contributed by atoms with Gasteiger partial charge >= 0.3 is 5.97 Å². The van der Waals surface area contributed by atoms with Gasteiger partial charge in [0, 0.05) is 12.1 Å². The summed E-state index contributed by atoms with van der Waals surface area (Å²) in [5.74, 6) is -0.736. The zero-order valence-electron chi connectivity index (χ0n) is 9.08. The van der Waals surface area contributed by atoms with Crippen LogP contribution in [0.1, 0.15) is 40.5 Å². The number of aliphatic carboxylic acids is 1. The number of nitrogens with zero attached hydrogens (tertiary/aromatic N) is 1. The van der Waals surface area contributed by atoms with Crippen LogP contribution in [0.15, 0.2) is 0 Å². The van der Waals surface area contributed by atoms with Gasteiger partial charge in [0.05, 0.1) is 6.54 Å². The Morgan fingerprint density at radius 3 is 1.85 bits per heavy atom. The largest absolute Gasteiger partial charge is 0.480 e. The highest BCUT2D eigenvalue weighted by atomic mass is 16.4. The van der Waals surface area contributed by atoms with Crippen LogP contribution in [0.3, 0.4) is 0 Å². The van der Waals surface area contributed by atoms with Crippen molar-refractivity contribution in [2.45, 2.75) is 52.6 Å². The average Bonchev–Trinajstić information content (AvgIpc) is 2.11. The lowest BCUT2D eigenvalue weighted by Gasteiger charge is -2.32. The Bertz CT molecular complexity index is 149. The van der Waals surface area contributed by atoms with Crippen molar-refractivity contribution in [2.24, 2.45) is 0 Å². The summed E-state index contributed by atoms with van der Waals surface area (Å²) < 4.78 is 0. The van der Waals surface area contributed by atoms with E-state index in [0.29, 0.717) is 12.1 Å². The number of hydrogen-bond donors (Lipinski definition) is 1. The van der Waals surface area contributed by atoms with Gasteiger partial charge in [0.15, 0.2) is 0 Å². The fraction of sp³-hybridized carbons (Fsp3) is 0.900. The molecule has 2 atom stereocenters. The van der Waals surface area contributed by atoms with E-state index in [1.54, 1.807) is 0 Å². The quantitative estimate of drug-likeness (QED) is 0.691. The van der Waals surface area contributed by atoms with Gasteiger partial charge in [0.25, 0.3) is 0 Å². The van der Waals surface area contributed by atoms with E-state index in [2.05, 4.69) is 27.7 Å². The van der Waals surface area contributed by atoms with Crippen LogP contribution in [0.25, 0.3) is 0 Å². The van der Waals surface area contributed by atoms with Gasteiger partial charge in [0.2, 0.25) is 0 Å². The summed E-state index contributed by atoms with van der Waals surface area (Å²) in [5.41, 5.74) is 0. The third kappa shape index (κ3) is 4.27. The molecule has 0 saturated heterocycles. The second-order valence-corrected chi connectivity index (χ2v) is 3.58. The lowest BCUT2D eigenvalue weighted by Crippen LogP contribution is -2.42. The van der Waals surface area contributed by atoms with Crippen molar-refractivity contribution < 1.29 is 9.90 Å². The molecular formula is C10H21NO2. The van der Waals surface area contributed by atoms with Crippen LogP contribution in [-0.4, -0.2) is 34.6 Å². The van der Waals surface area contributed by atoms with Gasteiger partial charge in [0.1, 0.15) is 0 Å². The van der Waals surface area contributed by atoms with Crippen molar-refractivity contribution in [2.75, 3.05) is 6.54 Å². The molecule has 1 N–H and O–H groups in total. The molecular weight excluding hydrogens is 166 g/mol. The monoisotopic (exact) mass is 187 g/mol. The number of rotatable bonds is 6. The topological polar surface area (TPSA) is 40.5 Å². The van der Waals surface area contributed by atoms with Crippen LogP contribution in [0, 0.1) is 0 Å². The van der Waals surface area contributed by atoms with Crippen molar-refractivity contribution in [3.63, 3.8) is 0 Å². The standard InChI is InChI=1S/C10H21NO2/c1-5-8(3)11(7-10(12)13)9(4)6-2/h8-9H,5-7H2,1-4H3,(H,12,13). The SMILES string of the molecule is CCC(C)N(CC(=O)O)C(C)CC. The molecule has 13 heavy (non-hydrogen) atoms. The number of carboxylic acids is 1. The summed E-state index contributed by atoms with van der Waals surface area (Å²) in [7, 11) is 0. The Balaban J connectivity index is 4.26. The van der Waals surface area contributed by atoms with Crippen LogP contribution in [-0.2, 0) is 4.79 Å². The summed E-state index contributed by atoms with van der Waals surface area (Å²) in [5, 5.41) is 8.73. The summed E-state index contributed by atoms with van der Waals surface area (Å²) in [6, 6.07) is 0.706. The molecule has 0 saturated carbocycles. The predicted molar refractivity (Wildman–Crippen MR) is 53.8 cm³/mol. The van der Waals surface area contributed by atoms with E-state index in [0.717, 1.165) is 12.8 Å². The third-order valence-electron chi connectivity index (χ3n) is 2.63. The van der Waals surface area contributed by atoms with Crippen LogP contribution >= 0.6 is 0 Å². The molecule has 0 fully saturated rings. The highest BCUT2D eigenvalue weighted by Gasteiger charge is 2.19. The highest BCUT2D eigenvalue weighted by molar-refractivity contribution is 5.69. The van der Waals surface area contributed by atoms with Gasteiger partial charge in [-0.05, 0) is 26.7 Å². The molecule has 0 spiro atoms. The Morgan fingerprint density at radius 2 is 1.62 bits per heavy atom. The molecule has 3 nitrogen and oxygen atoms in total. The van der Waals surface area contributed by atoms with E-state index < -0.39 is 5.97 Å². The normalized spacial score (nSPS) is 15.8. The van der Waals surface area contributed by atoms with Crippen molar-refractivity contribution >= 4 is 5.97 Å². The van der Waals surface area contributed by atoms with E-state index in [1.807, 2.05) is 4.90 Å². The van der Waals surface area contributed by atoms with Crippen molar-refractivity contribution in [3.05, 3.63) is 0 Å². The highest BCUT2D eigenvalue weighted by Crippen LogP contribution is 2.10. The first-order valence-corrected chi connectivity index (χ1v) is 5.00. The predicted octanol–water partition coefficient (Wildman–Crippen LogP) is 1.97. The van der Waals surface area contributed by atoms with Gasteiger partial charge in [-0.1, -0.05) is 13.8 Å². The average molecular weight is 187 g/mol. The summed E-state index contributed by atoms with van der Waals surface area (Å²) >= 11 is 0. The maximum absolute atomic E-state index is 10.6. The van der Waals surface area contributed by atoms with Gasteiger partial charge in [-0.25, -0.2) is 0 Å². The molecule has 0 amide bonds. The van der Waals surface area contributed by atoms with Gasteiger partial charge in [-0.15, -0.1) is 0 Å². The minimum absolute atomic E-state index is 0.157. The van der Waals surface area contributed by atoms with Gasteiger partial charge in [-0.3, -0.25) is 9.69 Å².